The van der Waals surface area contributed by atoms with Crippen molar-refractivity contribution in [2.24, 2.45) is 0 Å². The van der Waals surface area contributed by atoms with Crippen LogP contribution in [-0.4, -0.2) is 37.6 Å². The van der Waals surface area contributed by atoms with Crippen molar-refractivity contribution in [2.75, 3.05) is 17.7 Å². The van der Waals surface area contributed by atoms with E-state index in [1.807, 2.05) is 20.8 Å². The quantitative estimate of drug-likeness (QED) is 0.714. The van der Waals surface area contributed by atoms with Gasteiger partial charge in [0.25, 0.3) is 0 Å². The van der Waals surface area contributed by atoms with Gasteiger partial charge < -0.3 is 10.1 Å². The number of ether oxygens (including phenoxy) is 1. The van der Waals surface area contributed by atoms with E-state index in [1.165, 1.54) is 12.1 Å². The summed E-state index contributed by atoms with van der Waals surface area (Å²) in [4.78, 5) is 28.5. The fourth-order valence-electron chi connectivity index (χ4n) is 2.41. The van der Waals surface area contributed by atoms with Crippen LogP contribution in [0.1, 0.15) is 48.6 Å². The van der Waals surface area contributed by atoms with Gasteiger partial charge in [-0.3, -0.25) is 4.79 Å². The highest BCUT2D eigenvalue weighted by Gasteiger charge is 2.23. The number of sulfone groups is 1. The summed E-state index contributed by atoms with van der Waals surface area (Å²) >= 11 is 0.950. The van der Waals surface area contributed by atoms with E-state index in [2.05, 4.69) is 10.3 Å². The third-order valence-corrected chi connectivity index (χ3v) is 6.59. The van der Waals surface area contributed by atoms with Gasteiger partial charge in [-0.1, -0.05) is 44.2 Å². The fourth-order valence-corrected chi connectivity index (χ4v) is 4.42. The molecule has 0 aliphatic rings. The number of anilines is 1. The molecule has 0 atom stereocenters. The zero-order valence-corrected chi connectivity index (χ0v) is 18.2. The van der Waals surface area contributed by atoms with E-state index >= 15 is 0 Å². The van der Waals surface area contributed by atoms with Crippen molar-refractivity contribution >= 4 is 38.2 Å². The number of benzene rings is 1. The Balaban J connectivity index is 2.10. The minimum atomic E-state index is -3.80. The molecule has 0 spiro atoms. The molecular weight excluding hydrogens is 400 g/mol. The first-order valence-electron chi connectivity index (χ1n) is 8.71. The number of amides is 1. The Bertz CT molecular complexity index is 971. The number of aryl methyl sites for hydroxylation is 1. The van der Waals surface area contributed by atoms with Gasteiger partial charge in [-0.25, -0.2) is 18.2 Å². The van der Waals surface area contributed by atoms with Crippen LogP contribution in [0.4, 0.5) is 5.13 Å². The first-order chi connectivity index (χ1) is 12.9. The van der Waals surface area contributed by atoms with E-state index in [4.69, 9.17) is 4.74 Å². The molecule has 0 fully saturated rings. The van der Waals surface area contributed by atoms with Crippen LogP contribution < -0.4 is 5.32 Å². The Morgan fingerprint density at radius 3 is 2.32 bits per heavy atom. The second-order valence-electron chi connectivity index (χ2n) is 7.24. The number of esters is 1. The number of carbonyl (C=O) groups excluding carboxylic acids is 2. The maximum atomic E-state index is 12.5. The molecular formula is C19H24N2O5S2. The predicted octanol–water partition coefficient (Wildman–Crippen LogP) is 3.34. The second kappa shape index (κ2) is 8.40. The number of aromatic nitrogens is 1. The predicted molar refractivity (Wildman–Crippen MR) is 109 cm³/mol. The van der Waals surface area contributed by atoms with Crippen molar-refractivity contribution in [3.63, 3.8) is 0 Å². The molecule has 0 aliphatic heterocycles. The zero-order valence-electron chi connectivity index (χ0n) is 16.5. The lowest BCUT2D eigenvalue weighted by molar-refractivity contribution is -0.113. The molecule has 1 aromatic heterocycles. The van der Waals surface area contributed by atoms with Crippen molar-refractivity contribution in [1.82, 2.24) is 4.98 Å². The molecule has 1 aromatic carbocycles. The SMILES string of the molecule is CCOC(=O)c1sc(NC(=O)CS(=O)(=O)c2ccc(C(C)(C)C)cc2)nc1C. The van der Waals surface area contributed by atoms with Crippen molar-refractivity contribution in [3.05, 3.63) is 40.4 Å². The highest BCUT2D eigenvalue weighted by atomic mass is 32.2. The van der Waals surface area contributed by atoms with Gasteiger partial charge in [0.1, 0.15) is 10.6 Å². The number of nitrogens with one attached hydrogen (secondary N) is 1. The van der Waals surface area contributed by atoms with Gasteiger partial charge in [-0.2, -0.15) is 0 Å². The van der Waals surface area contributed by atoms with Gasteiger partial charge in [0.15, 0.2) is 15.0 Å². The number of thiazole rings is 1. The number of hydrogen-bond donors (Lipinski definition) is 1. The van der Waals surface area contributed by atoms with E-state index in [-0.39, 0.29) is 26.9 Å². The molecule has 0 saturated carbocycles. The molecule has 0 saturated heterocycles. The van der Waals surface area contributed by atoms with Crippen LogP contribution in [0.25, 0.3) is 0 Å². The first-order valence-corrected chi connectivity index (χ1v) is 11.2. The highest BCUT2D eigenvalue weighted by Crippen LogP contribution is 2.25. The Hall–Kier alpha value is -2.26. The summed E-state index contributed by atoms with van der Waals surface area (Å²) in [6, 6.07) is 6.52. The largest absolute Gasteiger partial charge is 0.462 e. The van der Waals surface area contributed by atoms with E-state index in [9.17, 15) is 18.0 Å². The summed E-state index contributed by atoms with van der Waals surface area (Å²) in [5, 5.41) is 2.60. The van der Waals surface area contributed by atoms with Crippen LogP contribution in [0.15, 0.2) is 29.2 Å². The summed E-state index contributed by atoms with van der Waals surface area (Å²) in [5.41, 5.74) is 1.32. The Labute approximate surface area is 169 Å². The van der Waals surface area contributed by atoms with Crippen molar-refractivity contribution < 1.29 is 22.7 Å². The third kappa shape index (κ3) is 5.39. The summed E-state index contributed by atoms with van der Waals surface area (Å²) in [6.45, 7) is 9.63. The van der Waals surface area contributed by atoms with Crippen molar-refractivity contribution in [2.45, 2.75) is 44.9 Å². The van der Waals surface area contributed by atoms with Crippen LogP contribution in [0.2, 0.25) is 0 Å². The second-order valence-corrected chi connectivity index (χ2v) is 10.2. The number of hydrogen-bond acceptors (Lipinski definition) is 7. The highest BCUT2D eigenvalue weighted by molar-refractivity contribution is 7.92. The standard InChI is InChI=1S/C19H24N2O5S2/c1-6-26-17(23)16-12(2)20-18(27-16)21-15(22)11-28(24,25)14-9-7-13(8-10-14)19(3,4)5/h7-10H,6,11H2,1-5H3,(H,20,21,22). The summed E-state index contributed by atoms with van der Waals surface area (Å²) in [5.74, 6) is -1.96. The maximum Gasteiger partial charge on any atom is 0.350 e. The summed E-state index contributed by atoms with van der Waals surface area (Å²) in [6.07, 6.45) is 0. The molecule has 0 unspecified atom stereocenters. The fraction of sp³-hybridized carbons (Fsp3) is 0.421. The lowest BCUT2D eigenvalue weighted by atomic mass is 9.87. The van der Waals surface area contributed by atoms with Crippen molar-refractivity contribution in [1.29, 1.82) is 0 Å². The van der Waals surface area contributed by atoms with Gasteiger partial charge in [-0.15, -0.1) is 0 Å². The molecule has 0 aliphatic carbocycles. The van der Waals surface area contributed by atoms with Crippen LogP contribution >= 0.6 is 11.3 Å². The van der Waals surface area contributed by atoms with Crippen LogP contribution in [0.5, 0.6) is 0 Å². The van der Waals surface area contributed by atoms with Gasteiger partial charge in [0, 0.05) is 0 Å². The smallest absolute Gasteiger partial charge is 0.350 e. The van der Waals surface area contributed by atoms with Crippen LogP contribution in [0.3, 0.4) is 0 Å². The monoisotopic (exact) mass is 424 g/mol. The van der Waals surface area contributed by atoms with E-state index < -0.39 is 27.5 Å². The Morgan fingerprint density at radius 2 is 1.79 bits per heavy atom. The maximum absolute atomic E-state index is 12.5. The first kappa shape index (κ1) is 22.0. The molecule has 28 heavy (non-hydrogen) atoms. The van der Waals surface area contributed by atoms with Gasteiger partial charge in [0.2, 0.25) is 5.91 Å². The van der Waals surface area contributed by atoms with Gasteiger partial charge in [-0.05, 0) is 37.0 Å². The average molecular weight is 425 g/mol. The molecule has 7 nitrogen and oxygen atoms in total. The topological polar surface area (TPSA) is 102 Å². The molecule has 9 heteroatoms. The summed E-state index contributed by atoms with van der Waals surface area (Å²) in [7, 11) is -3.80. The average Bonchev–Trinajstić information content (AvgIpc) is 2.94. The normalized spacial score (nSPS) is 11.9. The summed E-state index contributed by atoms with van der Waals surface area (Å²) < 4.78 is 29.9. The Morgan fingerprint density at radius 1 is 1.18 bits per heavy atom. The number of nitrogens with zero attached hydrogens (tertiary/aromatic N) is 1. The van der Waals surface area contributed by atoms with Crippen LogP contribution in [0, 0.1) is 6.92 Å². The molecule has 0 radical (unpaired) electrons. The molecule has 1 amide bonds. The number of carbonyl (C=O) groups is 2. The van der Waals surface area contributed by atoms with E-state index in [0.29, 0.717) is 5.69 Å². The third-order valence-electron chi connectivity index (χ3n) is 3.90. The molecule has 152 valence electrons. The zero-order chi connectivity index (χ0) is 21.1. The van der Waals surface area contributed by atoms with E-state index in [1.54, 1.807) is 26.0 Å². The molecule has 1 heterocycles. The van der Waals surface area contributed by atoms with E-state index in [0.717, 1.165) is 16.9 Å². The lowest BCUT2D eigenvalue weighted by Gasteiger charge is -2.19. The minimum absolute atomic E-state index is 0.0816. The molecule has 2 aromatic rings. The minimum Gasteiger partial charge on any atom is -0.462 e. The molecule has 2 rings (SSSR count). The Kier molecular flexibility index (Phi) is 6.61. The molecule has 0 bridgehead atoms. The van der Waals surface area contributed by atoms with Gasteiger partial charge >= 0.3 is 5.97 Å². The number of rotatable bonds is 6. The van der Waals surface area contributed by atoms with Crippen molar-refractivity contribution in [3.8, 4) is 0 Å². The van der Waals surface area contributed by atoms with Gasteiger partial charge in [0.05, 0.1) is 17.2 Å². The van der Waals surface area contributed by atoms with Crippen LogP contribution in [-0.2, 0) is 24.8 Å². The molecule has 1 N–H and O–H groups in total. The lowest BCUT2D eigenvalue weighted by Crippen LogP contribution is -2.23.